The van der Waals surface area contributed by atoms with Gasteiger partial charge in [0.15, 0.2) is 0 Å². The van der Waals surface area contributed by atoms with Gasteiger partial charge in [-0.25, -0.2) is 4.39 Å². The van der Waals surface area contributed by atoms with E-state index in [9.17, 15) is 14.6 Å². The lowest BCUT2D eigenvalue weighted by molar-refractivity contribution is 0.115. The predicted molar refractivity (Wildman–Crippen MR) is 77.4 cm³/mol. The van der Waals surface area contributed by atoms with Crippen LogP contribution in [0.3, 0.4) is 0 Å². The van der Waals surface area contributed by atoms with Gasteiger partial charge in [-0.3, -0.25) is 0 Å². The third kappa shape index (κ3) is 3.01. The zero-order valence-electron chi connectivity index (χ0n) is 10.9. The molecular formula is C16H16ClFO2. The van der Waals surface area contributed by atoms with Gasteiger partial charge in [0.2, 0.25) is 0 Å². The molecule has 0 heterocycles. The van der Waals surface area contributed by atoms with Crippen molar-refractivity contribution >= 4 is 11.6 Å². The lowest BCUT2D eigenvalue weighted by atomic mass is 9.77. The molecule has 2 nitrogen and oxygen atoms in total. The summed E-state index contributed by atoms with van der Waals surface area (Å²) in [7, 11) is 0. The van der Waals surface area contributed by atoms with Crippen LogP contribution in [0.5, 0.6) is 0 Å². The number of benzene rings is 2. The van der Waals surface area contributed by atoms with Gasteiger partial charge in [-0.2, -0.15) is 0 Å². The highest BCUT2D eigenvalue weighted by atomic mass is 35.5. The van der Waals surface area contributed by atoms with Gasteiger partial charge >= 0.3 is 0 Å². The Morgan fingerprint density at radius 2 is 1.55 bits per heavy atom. The largest absolute Gasteiger partial charge is 0.395 e. The second-order valence-corrected chi connectivity index (χ2v) is 5.31. The quantitative estimate of drug-likeness (QED) is 0.890. The average molecular weight is 295 g/mol. The van der Waals surface area contributed by atoms with E-state index in [4.69, 9.17) is 11.6 Å². The number of rotatable bonds is 5. The van der Waals surface area contributed by atoms with Crippen molar-refractivity contribution in [1.82, 2.24) is 0 Å². The molecule has 2 aromatic carbocycles. The van der Waals surface area contributed by atoms with Gasteiger partial charge in [0.25, 0.3) is 0 Å². The highest BCUT2D eigenvalue weighted by Gasteiger charge is 2.32. The fraction of sp³-hybridized carbons (Fsp3) is 0.250. The van der Waals surface area contributed by atoms with E-state index < -0.39 is 5.41 Å². The molecule has 0 bridgehead atoms. The van der Waals surface area contributed by atoms with Crippen LogP contribution in [0.2, 0.25) is 5.02 Å². The minimum atomic E-state index is -0.924. The molecule has 0 aromatic heterocycles. The lowest BCUT2D eigenvalue weighted by Crippen LogP contribution is -2.37. The maximum absolute atomic E-state index is 13.8. The average Bonchev–Trinajstić information content (AvgIpc) is 2.48. The number of halogens is 2. The first kappa shape index (κ1) is 15.0. The summed E-state index contributed by atoms with van der Waals surface area (Å²) in [6, 6.07) is 13.3. The molecule has 0 aliphatic rings. The maximum Gasteiger partial charge on any atom is 0.126 e. The van der Waals surface area contributed by atoms with Crippen LogP contribution in [0.1, 0.15) is 11.1 Å². The second-order valence-electron chi connectivity index (χ2n) is 4.87. The first-order valence-corrected chi connectivity index (χ1v) is 6.70. The van der Waals surface area contributed by atoms with E-state index in [1.165, 1.54) is 6.07 Å². The van der Waals surface area contributed by atoms with E-state index in [-0.39, 0.29) is 25.5 Å². The summed E-state index contributed by atoms with van der Waals surface area (Å²) >= 11 is 5.85. The third-order valence-electron chi connectivity index (χ3n) is 3.55. The summed E-state index contributed by atoms with van der Waals surface area (Å²) in [5, 5.41) is 20.0. The van der Waals surface area contributed by atoms with Gasteiger partial charge in [0.05, 0.1) is 13.2 Å². The van der Waals surface area contributed by atoms with Crippen LogP contribution in [0.25, 0.3) is 0 Å². The summed E-state index contributed by atoms with van der Waals surface area (Å²) in [6.07, 6.45) is 0.217. The number of aliphatic hydroxyl groups is 2. The van der Waals surface area contributed by atoms with Gasteiger partial charge < -0.3 is 10.2 Å². The normalized spacial score (nSPS) is 11.6. The molecule has 2 rings (SSSR count). The van der Waals surface area contributed by atoms with E-state index in [2.05, 4.69) is 0 Å². The van der Waals surface area contributed by atoms with E-state index in [1.54, 1.807) is 42.5 Å². The summed E-state index contributed by atoms with van der Waals surface area (Å²) in [5.74, 6) is -0.340. The van der Waals surface area contributed by atoms with Gasteiger partial charge in [-0.15, -0.1) is 0 Å². The minimum Gasteiger partial charge on any atom is -0.395 e. The number of hydrogen-bond donors (Lipinski definition) is 2. The molecule has 0 aliphatic heterocycles. The van der Waals surface area contributed by atoms with Crippen LogP contribution in [-0.2, 0) is 11.8 Å². The topological polar surface area (TPSA) is 40.5 Å². The van der Waals surface area contributed by atoms with Crippen LogP contribution in [0.15, 0.2) is 48.5 Å². The molecule has 0 atom stereocenters. The maximum atomic E-state index is 13.8. The molecular weight excluding hydrogens is 279 g/mol. The molecule has 2 aromatic rings. The minimum absolute atomic E-state index is 0.217. The van der Waals surface area contributed by atoms with E-state index in [0.717, 1.165) is 5.56 Å². The molecule has 2 N–H and O–H groups in total. The Kier molecular flexibility index (Phi) is 4.76. The molecule has 0 saturated heterocycles. The fourth-order valence-corrected chi connectivity index (χ4v) is 2.38. The highest BCUT2D eigenvalue weighted by Crippen LogP contribution is 2.29. The molecule has 0 amide bonds. The molecule has 0 saturated carbocycles. The molecule has 106 valence electrons. The van der Waals surface area contributed by atoms with Crippen molar-refractivity contribution in [1.29, 1.82) is 0 Å². The monoisotopic (exact) mass is 294 g/mol. The first-order chi connectivity index (χ1) is 9.61. The lowest BCUT2D eigenvalue weighted by Gasteiger charge is -2.30. The smallest absolute Gasteiger partial charge is 0.126 e. The van der Waals surface area contributed by atoms with Crippen LogP contribution in [0.4, 0.5) is 4.39 Å². The summed E-state index contributed by atoms with van der Waals surface area (Å²) < 4.78 is 13.8. The Labute approximate surface area is 122 Å². The molecule has 0 aliphatic carbocycles. The van der Waals surface area contributed by atoms with Crippen LogP contribution in [0, 0.1) is 5.82 Å². The zero-order valence-corrected chi connectivity index (χ0v) is 11.6. The van der Waals surface area contributed by atoms with Gasteiger partial charge in [-0.05, 0) is 35.7 Å². The van der Waals surface area contributed by atoms with Crippen molar-refractivity contribution in [3.63, 3.8) is 0 Å². The van der Waals surface area contributed by atoms with Gasteiger partial charge in [0, 0.05) is 10.4 Å². The van der Waals surface area contributed by atoms with E-state index in [1.807, 2.05) is 0 Å². The van der Waals surface area contributed by atoms with Crippen molar-refractivity contribution in [2.45, 2.75) is 11.8 Å². The summed E-state index contributed by atoms with van der Waals surface area (Å²) in [5.41, 5.74) is 0.271. The Balaban J connectivity index is 2.39. The molecule has 20 heavy (non-hydrogen) atoms. The fourth-order valence-electron chi connectivity index (χ4n) is 2.26. The highest BCUT2D eigenvalue weighted by molar-refractivity contribution is 6.30. The molecule has 0 spiro atoms. The Bertz CT molecular complexity index is 565. The van der Waals surface area contributed by atoms with Gasteiger partial charge in [0.1, 0.15) is 5.82 Å². The van der Waals surface area contributed by atoms with Gasteiger partial charge in [-0.1, -0.05) is 41.9 Å². The number of aliphatic hydroxyl groups excluding tert-OH is 2. The molecule has 0 fully saturated rings. The predicted octanol–water partition coefficient (Wildman–Crippen LogP) is 2.94. The molecule has 0 radical (unpaired) electrons. The Morgan fingerprint density at radius 3 is 2.10 bits per heavy atom. The third-order valence-corrected chi connectivity index (χ3v) is 3.80. The second kappa shape index (κ2) is 6.35. The summed E-state index contributed by atoms with van der Waals surface area (Å²) in [4.78, 5) is 0. The van der Waals surface area contributed by atoms with Crippen molar-refractivity contribution in [2.75, 3.05) is 13.2 Å². The Morgan fingerprint density at radius 1 is 0.950 bits per heavy atom. The van der Waals surface area contributed by atoms with Crippen molar-refractivity contribution in [2.24, 2.45) is 0 Å². The zero-order chi connectivity index (χ0) is 14.6. The van der Waals surface area contributed by atoms with Crippen LogP contribution >= 0.6 is 11.6 Å². The standard InChI is InChI=1S/C16H16ClFO2/c17-14-7-5-13(6-8-14)16(10-19,11-20)9-12-3-1-2-4-15(12)18/h1-8,19-20H,9-11H2. The molecule has 0 unspecified atom stereocenters. The van der Waals surface area contributed by atoms with E-state index in [0.29, 0.717) is 10.6 Å². The van der Waals surface area contributed by atoms with Crippen LogP contribution in [-0.4, -0.2) is 23.4 Å². The van der Waals surface area contributed by atoms with Crippen molar-refractivity contribution in [3.8, 4) is 0 Å². The Hall–Kier alpha value is -1.42. The first-order valence-electron chi connectivity index (χ1n) is 6.32. The molecule has 4 heteroatoms. The van der Waals surface area contributed by atoms with E-state index >= 15 is 0 Å². The van der Waals surface area contributed by atoms with Crippen molar-refractivity contribution in [3.05, 3.63) is 70.5 Å². The van der Waals surface area contributed by atoms with Crippen molar-refractivity contribution < 1.29 is 14.6 Å². The van der Waals surface area contributed by atoms with Crippen LogP contribution < -0.4 is 0 Å². The SMILES string of the molecule is OCC(CO)(Cc1ccccc1F)c1ccc(Cl)cc1. The summed E-state index contributed by atoms with van der Waals surface area (Å²) in [6.45, 7) is -0.557. The number of hydrogen-bond acceptors (Lipinski definition) is 2.